The SMILES string of the molecule is CCCCCCCC/C=C\CCCCCCCC(=O)NCCOC(=O)CCCCCCCCCCCCCCCCC. The summed E-state index contributed by atoms with van der Waals surface area (Å²) < 4.78 is 5.28. The number of amides is 1. The number of carbonyl (C=O) groups is 2. The molecule has 4 heteroatoms. The number of hydrogen-bond donors (Lipinski definition) is 1. The minimum atomic E-state index is -0.129. The minimum absolute atomic E-state index is 0.0751. The Labute approximate surface area is 263 Å². The van der Waals surface area contributed by atoms with Gasteiger partial charge in [0.2, 0.25) is 5.91 Å². The summed E-state index contributed by atoms with van der Waals surface area (Å²) in [6, 6.07) is 0. The number of ether oxygens (including phenoxy) is 1. The fourth-order valence-corrected chi connectivity index (χ4v) is 5.51. The third kappa shape index (κ3) is 34.9. The molecule has 42 heavy (non-hydrogen) atoms. The van der Waals surface area contributed by atoms with Crippen LogP contribution in [0.25, 0.3) is 0 Å². The van der Waals surface area contributed by atoms with Crippen LogP contribution in [0.15, 0.2) is 12.2 Å². The van der Waals surface area contributed by atoms with Crippen molar-refractivity contribution in [1.82, 2.24) is 5.32 Å². The van der Waals surface area contributed by atoms with Crippen molar-refractivity contribution in [1.29, 1.82) is 0 Å². The highest BCUT2D eigenvalue weighted by Crippen LogP contribution is 2.14. The molecule has 0 fully saturated rings. The van der Waals surface area contributed by atoms with Gasteiger partial charge in [-0.1, -0.05) is 167 Å². The summed E-state index contributed by atoms with van der Waals surface area (Å²) in [6.07, 6.45) is 42.1. The van der Waals surface area contributed by atoms with E-state index in [2.05, 4.69) is 31.3 Å². The average molecular weight is 592 g/mol. The van der Waals surface area contributed by atoms with Crippen LogP contribution in [0, 0.1) is 0 Å². The molecular weight excluding hydrogens is 518 g/mol. The van der Waals surface area contributed by atoms with E-state index in [4.69, 9.17) is 4.74 Å². The highest BCUT2D eigenvalue weighted by Gasteiger charge is 2.04. The molecule has 0 aromatic carbocycles. The molecule has 4 nitrogen and oxygen atoms in total. The van der Waals surface area contributed by atoms with E-state index in [1.54, 1.807) is 0 Å². The van der Waals surface area contributed by atoms with E-state index in [0.717, 1.165) is 25.7 Å². The third-order valence-corrected chi connectivity index (χ3v) is 8.34. The topological polar surface area (TPSA) is 55.4 Å². The summed E-state index contributed by atoms with van der Waals surface area (Å²) in [4.78, 5) is 23.9. The van der Waals surface area contributed by atoms with Gasteiger partial charge in [-0.25, -0.2) is 0 Å². The highest BCUT2D eigenvalue weighted by atomic mass is 16.5. The lowest BCUT2D eigenvalue weighted by Crippen LogP contribution is -2.27. The fourth-order valence-electron chi connectivity index (χ4n) is 5.51. The minimum Gasteiger partial charge on any atom is -0.464 e. The molecule has 0 heterocycles. The molecule has 0 rings (SSSR count). The van der Waals surface area contributed by atoms with Crippen LogP contribution < -0.4 is 5.32 Å². The van der Waals surface area contributed by atoms with Gasteiger partial charge in [0.05, 0.1) is 6.54 Å². The summed E-state index contributed by atoms with van der Waals surface area (Å²) in [6.45, 7) is 5.26. The molecule has 0 aromatic rings. The summed E-state index contributed by atoms with van der Waals surface area (Å²) in [5.74, 6) is -0.0534. The highest BCUT2D eigenvalue weighted by molar-refractivity contribution is 5.75. The van der Waals surface area contributed by atoms with Gasteiger partial charge in [0, 0.05) is 12.8 Å². The Morgan fingerprint density at radius 3 is 1.26 bits per heavy atom. The molecular formula is C38H73NO3. The first kappa shape index (κ1) is 40.7. The monoisotopic (exact) mass is 592 g/mol. The van der Waals surface area contributed by atoms with Gasteiger partial charge in [0.1, 0.15) is 6.61 Å². The molecule has 0 radical (unpaired) electrons. The molecule has 0 aliphatic rings. The second-order valence-electron chi connectivity index (χ2n) is 12.6. The van der Waals surface area contributed by atoms with Crippen molar-refractivity contribution in [2.45, 2.75) is 206 Å². The Morgan fingerprint density at radius 2 is 0.833 bits per heavy atom. The molecule has 0 bridgehead atoms. The Kier molecular flexibility index (Phi) is 34.7. The molecule has 248 valence electrons. The third-order valence-electron chi connectivity index (χ3n) is 8.34. The van der Waals surface area contributed by atoms with Crippen LogP contribution in [0.3, 0.4) is 0 Å². The van der Waals surface area contributed by atoms with Crippen LogP contribution in [0.5, 0.6) is 0 Å². The van der Waals surface area contributed by atoms with E-state index in [0.29, 0.717) is 19.4 Å². The largest absolute Gasteiger partial charge is 0.464 e. The number of allylic oxidation sites excluding steroid dienone is 2. The van der Waals surface area contributed by atoms with Gasteiger partial charge in [-0.3, -0.25) is 9.59 Å². The first-order valence-corrected chi connectivity index (χ1v) is 18.8. The lowest BCUT2D eigenvalue weighted by Gasteiger charge is -2.07. The van der Waals surface area contributed by atoms with Crippen molar-refractivity contribution in [3.63, 3.8) is 0 Å². The van der Waals surface area contributed by atoms with Gasteiger partial charge >= 0.3 is 5.97 Å². The fraction of sp³-hybridized carbons (Fsp3) is 0.895. The molecule has 0 spiro atoms. The van der Waals surface area contributed by atoms with Crippen LogP contribution >= 0.6 is 0 Å². The zero-order valence-electron chi connectivity index (χ0n) is 28.5. The average Bonchev–Trinajstić information content (AvgIpc) is 2.99. The smallest absolute Gasteiger partial charge is 0.305 e. The molecule has 0 aliphatic heterocycles. The van der Waals surface area contributed by atoms with Gasteiger partial charge in [-0.05, 0) is 38.5 Å². The molecule has 0 saturated heterocycles. The molecule has 1 N–H and O–H groups in total. The van der Waals surface area contributed by atoms with E-state index in [1.165, 1.54) is 154 Å². The van der Waals surface area contributed by atoms with E-state index in [9.17, 15) is 9.59 Å². The molecule has 0 aromatic heterocycles. The maximum Gasteiger partial charge on any atom is 0.305 e. The first-order valence-electron chi connectivity index (χ1n) is 18.8. The quantitative estimate of drug-likeness (QED) is 0.0460. The van der Waals surface area contributed by atoms with E-state index in [-0.39, 0.29) is 18.5 Å². The van der Waals surface area contributed by atoms with Crippen LogP contribution in [0.4, 0.5) is 0 Å². The predicted molar refractivity (Wildman–Crippen MR) is 183 cm³/mol. The van der Waals surface area contributed by atoms with Gasteiger partial charge in [-0.15, -0.1) is 0 Å². The van der Waals surface area contributed by atoms with E-state index < -0.39 is 0 Å². The van der Waals surface area contributed by atoms with Gasteiger partial charge in [0.25, 0.3) is 0 Å². The number of nitrogens with one attached hydrogen (secondary N) is 1. The zero-order valence-corrected chi connectivity index (χ0v) is 28.5. The number of carbonyl (C=O) groups excluding carboxylic acids is 2. The van der Waals surface area contributed by atoms with Gasteiger partial charge in [-0.2, -0.15) is 0 Å². The number of hydrogen-bond acceptors (Lipinski definition) is 3. The van der Waals surface area contributed by atoms with Crippen LogP contribution in [-0.4, -0.2) is 25.0 Å². The van der Waals surface area contributed by atoms with Crippen LogP contribution in [-0.2, 0) is 14.3 Å². The van der Waals surface area contributed by atoms with E-state index in [1.807, 2.05) is 0 Å². The van der Waals surface area contributed by atoms with Crippen LogP contribution in [0.2, 0.25) is 0 Å². The standard InChI is InChI=1S/C38H73NO3/c1-3-5-7-9-11-13-15-17-19-21-23-25-27-29-31-33-37(40)39-35-36-42-38(41)34-32-30-28-26-24-22-20-18-16-14-12-10-8-6-4-2/h17,19H,3-16,18,20-36H2,1-2H3,(H,39,40)/b19-17-. The molecule has 0 unspecified atom stereocenters. The number of unbranched alkanes of at least 4 members (excludes halogenated alkanes) is 25. The molecule has 0 saturated carbocycles. The van der Waals surface area contributed by atoms with Crippen molar-refractivity contribution in [3.8, 4) is 0 Å². The Bertz CT molecular complexity index is 589. The van der Waals surface area contributed by atoms with Crippen molar-refractivity contribution < 1.29 is 14.3 Å². The second-order valence-corrected chi connectivity index (χ2v) is 12.6. The summed E-state index contributed by atoms with van der Waals surface area (Å²) in [5, 5.41) is 2.88. The molecule has 1 amide bonds. The van der Waals surface area contributed by atoms with Crippen molar-refractivity contribution in [2.75, 3.05) is 13.2 Å². The second kappa shape index (κ2) is 35.9. The van der Waals surface area contributed by atoms with Gasteiger partial charge in [0.15, 0.2) is 0 Å². The Morgan fingerprint density at radius 1 is 0.476 bits per heavy atom. The maximum absolute atomic E-state index is 12.0. The Hall–Kier alpha value is -1.32. The lowest BCUT2D eigenvalue weighted by molar-refractivity contribution is -0.144. The van der Waals surface area contributed by atoms with E-state index >= 15 is 0 Å². The normalized spacial score (nSPS) is 11.4. The Balaban J connectivity index is 3.30. The molecule has 0 atom stereocenters. The summed E-state index contributed by atoms with van der Waals surface area (Å²) in [5.41, 5.74) is 0. The first-order chi connectivity index (χ1) is 20.7. The van der Waals surface area contributed by atoms with Gasteiger partial charge < -0.3 is 10.1 Å². The number of esters is 1. The van der Waals surface area contributed by atoms with Crippen molar-refractivity contribution in [3.05, 3.63) is 12.2 Å². The zero-order chi connectivity index (χ0) is 30.6. The van der Waals surface area contributed by atoms with Crippen LogP contribution in [0.1, 0.15) is 206 Å². The van der Waals surface area contributed by atoms with Crippen molar-refractivity contribution in [2.24, 2.45) is 0 Å². The maximum atomic E-state index is 12.0. The summed E-state index contributed by atoms with van der Waals surface area (Å²) >= 11 is 0. The summed E-state index contributed by atoms with van der Waals surface area (Å²) in [7, 11) is 0. The van der Waals surface area contributed by atoms with Crippen molar-refractivity contribution >= 4 is 11.9 Å². The lowest BCUT2D eigenvalue weighted by atomic mass is 10.0. The predicted octanol–water partition coefficient (Wildman–Crippen LogP) is 11.9. The molecule has 0 aliphatic carbocycles. The number of rotatable bonds is 34.